The SMILES string of the molecule is N#Cc1ccc(C2=CC(=O)O/C2=C\c2cccc(C#N)c2)cc1. The maximum absolute atomic E-state index is 11.6. The van der Waals surface area contributed by atoms with Crippen molar-refractivity contribution in [2.24, 2.45) is 0 Å². The first kappa shape index (κ1) is 14.3. The Balaban J connectivity index is 2.00. The predicted octanol–water partition coefficient (Wildman–Crippen LogP) is 3.41. The first-order chi connectivity index (χ1) is 11.2. The third-order valence-corrected chi connectivity index (χ3v) is 3.38. The van der Waals surface area contributed by atoms with Crippen LogP contribution in [0.1, 0.15) is 22.3 Å². The molecule has 4 nitrogen and oxygen atoms in total. The fraction of sp³-hybridized carbons (Fsp3) is 0. The second-order valence-corrected chi connectivity index (χ2v) is 4.91. The quantitative estimate of drug-likeness (QED) is 0.796. The van der Waals surface area contributed by atoms with Crippen LogP contribution in [0, 0.1) is 22.7 Å². The second kappa shape index (κ2) is 6.01. The van der Waals surface area contributed by atoms with Crippen molar-refractivity contribution in [3.63, 3.8) is 0 Å². The maximum Gasteiger partial charge on any atom is 0.336 e. The third kappa shape index (κ3) is 3.02. The Morgan fingerprint density at radius 2 is 1.70 bits per heavy atom. The smallest absolute Gasteiger partial charge is 0.336 e. The van der Waals surface area contributed by atoms with Gasteiger partial charge in [-0.15, -0.1) is 0 Å². The van der Waals surface area contributed by atoms with Gasteiger partial charge in [0.05, 0.1) is 23.3 Å². The number of hydrogen-bond acceptors (Lipinski definition) is 4. The van der Waals surface area contributed by atoms with Crippen LogP contribution in [0.2, 0.25) is 0 Å². The van der Waals surface area contributed by atoms with Crippen LogP contribution >= 0.6 is 0 Å². The number of cyclic esters (lactones) is 1. The van der Waals surface area contributed by atoms with Gasteiger partial charge in [0.25, 0.3) is 0 Å². The normalized spacial score (nSPS) is 14.8. The fourth-order valence-corrected chi connectivity index (χ4v) is 2.29. The monoisotopic (exact) mass is 298 g/mol. The summed E-state index contributed by atoms with van der Waals surface area (Å²) >= 11 is 0. The average Bonchev–Trinajstić information content (AvgIpc) is 2.95. The molecule has 0 bridgehead atoms. The van der Waals surface area contributed by atoms with Crippen LogP contribution in [0.3, 0.4) is 0 Å². The van der Waals surface area contributed by atoms with Crippen molar-refractivity contribution in [1.29, 1.82) is 10.5 Å². The van der Waals surface area contributed by atoms with E-state index in [1.807, 2.05) is 6.07 Å². The summed E-state index contributed by atoms with van der Waals surface area (Å²) in [5, 5.41) is 17.8. The summed E-state index contributed by atoms with van der Waals surface area (Å²) < 4.78 is 5.24. The highest BCUT2D eigenvalue weighted by Crippen LogP contribution is 2.31. The summed E-state index contributed by atoms with van der Waals surface area (Å²) in [5.74, 6) is -0.0122. The molecule has 0 N–H and O–H groups in total. The average molecular weight is 298 g/mol. The zero-order valence-electron chi connectivity index (χ0n) is 12.0. The summed E-state index contributed by atoms with van der Waals surface area (Å²) in [6.07, 6.45) is 3.14. The van der Waals surface area contributed by atoms with E-state index in [0.29, 0.717) is 22.5 Å². The summed E-state index contributed by atoms with van der Waals surface area (Å²) in [6.45, 7) is 0. The van der Waals surface area contributed by atoms with Gasteiger partial charge in [-0.3, -0.25) is 0 Å². The van der Waals surface area contributed by atoms with Gasteiger partial charge in [-0.05, 0) is 41.5 Å². The van der Waals surface area contributed by atoms with Crippen LogP contribution in [-0.2, 0) is 9.53 Å². The van der Waals surface area contributed by atoms with Gasteiger partial charge in [-0.2, -0.15) is 10.5 Å². The molecule has 0 spiro atoms. The van der Waals surface area contributed by atoms with E-state index in [1.165, 1.54) is 6.08 Å². The Morgan fingerprint density at radius 3 is 2.39 bits per heavy atom. The van der Waals surface area contributed by atoms with Crippen molar-refractivity contribution in [2.45, 2.75) is 0 Å². The fourth-order valence-electron chi connectivity index (χ4n) is 2.29. The second-order valence-electron chi connectivity index (χ2n) is 4.91. The largest absolute Gasteiger partial charge is 0.423 e. The van der Waals surface area contributed by atoms with Crippen LogP contribution in [0.5, 0.6) is 0 Å². The molecule has 0 unspecified atom stereocenters. The van der Waals surface area contributed by atoms with E-state index in [4.69, 9.17) is 15.3 Å². The van der Waals surface area contributed by atoms with Gasteiger partial charge in [0, 0.05) is 11.6 Å². The van der Waals surface area contributed by atoms with E-state index in [0.717, 1.165) is 11.1 Å². The molecule has 0 amide bonds. The molecular formula is C19H10N2O2. The molecule has 108 valence electrons. The molecule has 0 saturated heterocycles. The minimum atomic E-state index is -0.438. The van der Waals surface area contributed by atoms with Gasteiger partial charge in [0.2, 0.25) is 0 Å². The Labute approximate surface area is 133 Å². The van der Waals surface area contributed by atoms with Gasteiger partial charge >= 0.3 is 5.97 Å². The van der Waals surface area contributed by atoms with Gasteiger partial charge in [0.15, 0.2) is 0 Å². The van der Waals surface area contributed by atoms with Crippen LogP contribution in [0.4, 0.5) is 0 Å². The van der Waals surface area contributed by atoms with Crippen molar-refractivity contribution in [3.8, 4) is 12.1 Å². The summed E-state index contributed by atoms with van der Waals surface area (Å²) in [5.41, 5.74) is 3.30. The lowest BCUT2D eigenvalue weighted by molar-refractivity contribution is -0.132. The molecule has 0 aromatic heterocycles. The molecule has 0 saturated carbocycles. The van der Waals surface area contributed by atoms with Crippen molar-refractivity contribution in [2.75, 3.05) is 0 Å². The Morgan fingerprint density at radius 1 is 0.957 bits per heavy atom. The number of allylic oxidation sites excluding steroid dienone is 1. The molecule has 2 aromatic carbocycles. The summed E-state index contributed by atoms with van der Waals surface area (Å²) in [4.78, 5) is 11.6. The highest BCUT2D eigenvalue weighted by molar-refractivity contribution is 6.03. The summed E-state index contributed by atoms with van der Waals surface area (Å²) in [6, 6.07) is 18.1. The van der Waals surface area contributed by atoms with E-state index in [2.05, 4.69) is 12.1 Å². The molecule has 4 heteroatoms. The number of rotatable bonds is 2. The maximum atomic E-state index is 11.6. The van der Waals surface area contributed by atoms with Crippen molar-refractivity contribution in [3.05, 3.63) is 82.6 Å². The van der Waals surface area contributed by atoms with Crippen molar-refractivity contribution in [1.82, 2.24) is 0 Å². The molecular weight excluding hydrogens is 288 g/mol. The molecule has 0 fully saturated rings. The molecule has 2 aromatic rings. The Hall–Kier alpha value is -3.63. The molecule has 1 heterocycles. The predicted molar refractivity (Wildman–Crippen MR) is 84.4 cm³/mol. The van der Waals surface area contributed by atoms with E-state index < -0.39 is 5.97 Å². The minimum absolute atomic E-state index is 0.426. The number of ether oxygens (including phenoxy) is 1. The van der Waals surface area contributed by atoms with E-state index in [-0.39, 0.29) is 0 Å². The zero-order valence-corrected chi connectivity index (χ0v) is 12.0. The van der Waals surface area contributed by atoms with E-state index in [1.54, 1.807) is 48.5 Å². The van der Waals surface area contributed by atoms with Crippen LogP contribution in [0.15, 0.2) is 60.4 Å². The highest BCUT2D eigenvalue weighted by Gasteiger charge is 2.21. The molecule has 0 atom stereocenters. The Kier molecular flexibility index (Phi) is 3.74. The van der Waals surface area contributed by atoms with Crippen LogP contribution < -0.4 is 0 Å². The van der Waals surface area contributed by atoms with Crippen molar-refractivity contribution >= 4 is 17.6 Å². The van der Waals surface area contributed by atoms with Crippen LogP contribution in [0.25, 0.3) is 11.6 Å². The highest BCUT2D eigenvalue weighted by atomic mass is 16.5. The topological polar surface area (TPSA) is 73.9 Å². The number of benzene rings is 2. The number of carbonyl (C=O) groups excluding carboxylic acids is 1. The van der Waals surface area contributed by atoms with Gasteiger partial charge in [0.1, 0.15) is 5.76 Å². The minimum Gasteiger partial charge on any atom is -0.423 e. The molecule has 23 heavy (non-hydrogen) atoms. The lowest BCUT2D eigenvalue weighted by Crippen LogP contribution is -1.92. The molecule has 3 rings (SSSR count). The molecule has 0 radical (unpaired) electrons. The number of esters is 1. The molecule has 0 aliphatic carbocycles. The number of nitriles is 2. The lowest BCUT2D eigenvalue weighted by Gasteiger charge is -2.05. The summed E-state index contributed by atoms with van der Waals surface area (Å²) in [7, 11) is 0. The van der Waals surface area contributed by atoms with Gasteiger partial charge in [-0.1, -0.05) is 24.3 Å². The van der Waals surface area contributed by atoms with Gasteiger partial charge < -0.3 is 4.74 Å². The van der Waals surface area contributed by atoms with Gasteiger partial charge in [-0.25, -0.2) is 4.79 Å². The molecule has 1 aliphatic heterocycles. The molecule has 1 aliphatic rings. The standard InChI is InChI=1S/C19H10N2O2/c20-11-13-4-6-16(7-5-13)17-10-19(22)23-18(17)9-14-2-1-3-15(8-14)12-21/h1-10H/b18-9-. The number of carbonyl (C=O) groups is 1. The van der Waals surface area contributed by atoms with E-state index >= 15 is 0 Å². The van der Waals surface area contributed by atoms with Crippen LogP contribution in [-0.4, -0.2) is 5.97 Å². The zero-order chi connectivity index (χ0) is 16.2. The van der Waals surface area contributed by atoms with Crippen molar-refractivity contribution < 1.29 is 9.53 Å². The first-order valence-corrected chi connectivity index (χ1v) is 6.86. The Bertz CT molecular complexity index is 923. The number of hydrogen-bond donors (Lipinski definition) is 0. The lowest BCUT2D eigenvalue weighted by atomic mass is 10.0. The van der Waals surface area contributed by atoms with E-state index in [9.17, 15) is 4.79 Å². The number of nitrogens with zero attached hydrogens (tertiary/aromatic N) is 2. The first-order valence-electron chi connectivity index (χ1n) is 6.86. The third-order valence-electron chi connectivity index (χ3n) is 3.38.